The summed E-state index contributed by atoms with van der Waals surface area (Å²) >= 11 is 5.43. The predicted molar refractivity (Wildman–Crippen MR) is 83.3 cm³/mol. The third-order valence-electron chi connectivity index (χ3n) is 3.72. The van der Waals surface area contributed by atoms with Crippen LogP contribution in [0.5, 0.6) is 0 Å². The van der Waals surface area contributed by atoms with Crippen LogP contribution in [0.1, 0.15) is 44.0 Å². The van der Waals surface area contributed by atoms with E-state index >= 15 is 0 Å². The standard InChI is InChI=1S/C14H23BrN2S/c1-3-7-17(13-5-4-6-16-9-13)11(2)14-8-12(15)10-18-14/h8,10-11,13,16H,3-7,9H2,1-2H3. The van der Waals surface area contributed by atoms with Crippen molar-refractivity contribution in [1.29, 1.82) is 0 Å². The Morgan fingerprint density at radius 2 is 2.44 bits per heavy atom. The molecule has 4 heteroatoms. The minimum atomic E-state index is 0.533. The van der Waals surface area contributed by atoms with Gasteiger partial charge in [-0.2, -0.15) is 0 Å². The first-order valence-electron chi connectivity index (χ1n) is 6.92. The van der Waals surface area contributed by atoms with Crippen LogP contribution in [-0.4, -0.2) is 30.6 Å². The molecule has 1 aromatic heterocycles. The third kappa shape index (κ3) is 3.56. The molecule has 1 saturated heterocycles. The van der Waals surface area contributed by atoms with Crippen molar-refractivity contribution in [3.63, 3.8) is 0 Å². The van der Waals surface area contributed by atoms with Gasteiger partial charge in [0, 0.05) is 33.4 Å². The number of hydrogen-bond acceptors (Lipinski definition) is 3. The number of nitrogens with zero attached hydrogens (tertiary/aromatic N) is 1. The van der Waals surface area contributed by atoms with Gasteiger partial charge in [-0.05, 0) is 61.3 Å². The van der Waals surface area contributed by atoms with Crippen LogP contribution in [0.15, 0.2) is 15.9 Å². The second-order valence-electron chi connectivity index (χ2n) is 5.08. The molecule has 102 valence electrons. The van der Waals surface area contributed by atoms with Gasteiger partial charge < -0.3 is 5.32 Å². The van der Waals surface area contributed by atoms with E-state index in [2.05, 4.69) is 51.4 Å². The molecular formula is C14H23BrN2S. The van der Waals surface area contributed by atoms with Crippen molar-refractivity contribution in [3.05, 3.63) is 20.8 Å². The maximum Gasteiger partial charge on any atom is 0.0417 e. The number of nitrogens with one attached hydrogen (secondary N) is 1. The summed E-state index contributed by atoms with van der Waals surface area (Å²) in [6.07, 6.45) is 3.88. The van der Waals surface area contributed by atoms with E-state index in [4.69, 9.17) is 0 Å². The highest BCUT2D eigenvalue weighted by Crippen LogP contribution is 2.31. The Morgan fingerprint density at radius 1 is 1.61 bits per heavy atom. The van der Waals surface area contributed by atoms with E-state index in [1.807, 2.05) is 11.3 Å². The Labute approximate surface area is 123 Å². The zero-order valence-corrected chi connectivity index (χ0v) is 13.7. The van der Waals surface area contributed by atoms with Gasteiger partial charge in [0.25, 0.3) is 0 Å². The normalized spacial score (nSPS) is 22.3. The van der Waals surface area contributed by atoms with Gasteiger partial charge in [-0.1, -0.05) is 6.92 Å². The van der Waals surface area contributed by atoms with Crippen molar-refractivity contribution in [3.8, 4) is 0 Å². The van der Waals surface area contributed by atoms with E-state index in [0.29, 0.717) is 12.1 Å². The summed E-state index contributed by atoms with van der Waals surface area (Å²) in [5.41, 5.74) is 0. The van der Waals surface area contributed by atoms with Crippen molar-refractivity contribution in [1.82, 2.24) is 10.2 Å². The summed E-state index contributed by atoms with van der Waals surface area (Å²) in [6, 6.07) is 3.51. The fraction of sp³-hybridized carbons (Fsp3) is 0.714. The Bertz CT molecular complexity index is 360. The fourth-order valence-electron chi connectivity index (χ4n) is 2.78. The topological polar surface area (TPSA) is 15.3 Å². The molecule has 0 saturated carbocycles. The van der Waals surface area contributed by atoms with Crippen molar-refractivity contribution in [2.45, 2.75) is 45.2 Å². The van der Waals surface area contributed by atoms with Crippen molar-refractivity contribution in [2.75, 3.05) is 19.6 Å². The van der Waals surface area contributed by atoms with Crippen LogP contribution < -0.4 is 5.32 Å². The summed E-state index contributed by atoms with van der Waals surface area (Å²) in [6.45, 7) is 8.16. The average Bonchev–Trinajstić information content (AvgIpc) is 2.83. The van der Waals surface area contributed by atoms with E-state index in [0.717, 1.165) is 6.54 Å². The molecule has 18 heavy (non-hydrogen) atoms. The Balaban J connectivity index is 2.08. The molecular weight excluding hydrogens is 308 g/mol. The van der Waals surface area contributed by atoms with Gasteiger partial charge >= 0.3 is 0 Å². The van der Waals surface area contributed by atoms with E-state index < -0.39 is 0 Å². The molecule has 0 aliphatic carbocycles. The summed E-state index contributed by atoms with van der Waals surface area (Å²) in [5.74, 6) is 0. The largest absolute Gasteiger partial charge is 0.315 e. The Morgan fingerprint density at radius 3 is 3.00 bits per heavy atom. The highest BCUT2D eigenvalue weighted by atomic mass is 79.9. The zero-order valence-electron chi connectivity index (χ0n) is 11.3. The lowest BCUT2D eigenvalue weighted by atomic mass is 10.0. The first kappa shape index (κ1) is 14.5. The van der Waals surface area contributed by atoms with E-state index in [1.165, 1.54) is 41.7 Å². The van der Waals surface area contributed by atoms with Crippen LogP contribution in [-0.2, 0) is 0 Å². The number of piperidine rings is 1. The number of thiophene rings is 1. The van der Waals surface area contributed by atoms with Crippen LogP contribution in [0, 0.1) is 0 Å². The SMILES string of the molecule is CCCN(C1CCCNC1)C(C)c1cc(Br)cs1. The first-order chi connectivity index (χ1) is 8.72. The monoisotopic (exact) mass is 330 g/mol. The molecule has 2 nitrogen and oxygen atoms in total. The quantitative estimate of drug-likeness (QED) is 0.876. The maximum atomic E-state index is 3.56. The summed E-state index contributed by atoms with van der Waals surface area (Å²) < 4.78 is 1.22. The molecule has 1 aliphatic rings. The van der Waals surface area contributed by atoms with Gasteiger partial charge in [-0.3, -0.25) is 4.90 Å². The molecule has 2 rings (SSSR count). The molecule has 2 heterocycles. The predicted octanol–water partition coefficient (Wildman–Crippen LogP) is 4.04. The summed E-state index contributed by atoms with van der Waals surface area (Å²) in [4.78, 5) is 4.16. The Kier molecular flexibility index (Phi) is 5.67. The van der Waals surface area contributed by atoms with Gasteiger partial charge in [0.15, 0.2) is 0 Å². The lowest BCUT2D eigenvalue weighted by Gasteiger charge is -2.38. The van der Waals surface area contributed by atoms with E-state index in [9.17, 15) is 0 Å². The van der Waals surface area contributed by atoms with Crippen LogP contribution in [0.2, 0.25) is 0 Å². The number of rotatable bonds is 5. The maximum absolute atomic E-state index is 3.56. The molecule has 1 fully saturated rings. The van der Waals surface area contributed by atoms with Gasteiger partial charge in [0.1, 0.15) is 0 Å². The molecule has 0 spiro atoms. The minimum absolute atomic E-state index is 0.533. The van der Waals surface area contributed by atoms with Crippen molar-refractivity contribution < 1.29 is 0 Å². The first-order valence-corrected chi connectivity index (χ1v) is 8.60. The molecule has 2 atom stereocenters. The third-order valence-corrected chi connectivity index (χ3v) is 5.58. The molecule has 1 aliphatic heterocycles. The molecule has 1 N–H and O–H groups in total. The second-order valence-corrected chi connectivity index (χ2v) is 6.94. The number of halogens is 1. The van der Waals surface area contributed by atoms with Gasteiger partial charge in [0.2, 0.25) is 0 Å². The van der Waals surface area contributed by atoms with Gasteiger partial charge in [-0.15, -0.1) is 11.3 Å². The van der Waals surface area contributed by atoms with E-state index in [1.54, 1.807) is 0 Å². The lowest BCUT2D eigenvalue weighted by molar-refractivity contribution is 0.122. The molecule has 0 amide bonds. The van der Waals surface area contributed by atoms with E-state index in [-0.39, 0.29) is 0 Å². The highest BCUT2D eigenvalue weighted by Gasteiger charge is 2.25. The summed E-state index contributed by atoms with van der Waals surface area (Å²) in [7, 11) is 0. The average molecular weight is 331 g/mol. The molecule has 0 aromatic carbocycles. The van der Waals surface area contributed by atoms with Crippen LogP contribution in [0.3, 0.4) is 0 Å². The lowest BCUT2D eigenvalue weighted by Crippen LogP contribution is -2.47. The smallest absolute Gasteiger partial charge is 0.0417 e. The molecule has 0 radical (unpaired) electrons. The van der Waals surface area contributed by atoms with Gasteiger partial charge in [-0.25, -0.2) is 0 Å². The minimum Gasteiger partial charge on any atom is -0.315 e. The van der Waals surface area contributed by atoms with Gasteiger partial charge in [0.05, 0.1) is 0 Å². The zero-order chi connectivity index (χ0) is 13.0. The van der Waals surface area contributed by atoms with Crippen molar-refractivity contribution >= 4 is 27.3 Å². The molecule has 0 bridgehead atoms. The fourth-order valence-corrected chi connectivity index (χ4v) is 4.30. The van der Waals surface area contributed by atoms with Crippen LogP contribution in [0.4, 0.5) is 0 Å². The Hall–Kier alpha value is 0.1000. The number of hydrogen-bond donors (Lipinski definition) is 1. The highest BCUT2D eigenvalue weighted by molar-refractivity contribution is 9.10. The molecule has 1 aromatic rings. The summed E-state index contributed by atoms with van der Waals surface area (Å²) in [5, 5.41) is 5.73. The second kappa shape index (κ2) is 7.04. The van der Waals surface area contributed by atoms with Crippen molar-refractivity contribution in [2.24, 2.45) is 0 Å². The van der Waals surface area contributed by atoms with Crippen LogP contribution in [0.25, 0.3) is 0 Å². The van der Waals surface area contributed by atoms with Crippen LogP contribution >= 0.6 is 27.3 Å². The molecule has 2 unspecified atom stereocenters.